The van der Waals surface area contributed by atoms with Crippen molar-refractivity contribution in [2.24, 2.45) is 0 Å². The maximum absolute atomic E-state index is 9.56. The van der Waals surface area contributed by atoms with Gasteiger partial charge in [0.05, 0.1) is 6.61 Å². The largest absolute Gasteiger partial charge is 0.394 e. The molecule has 0 aliphatic heterocycles. The first-order valence-corrected chi connectivity index (χ1v) is 8.31. The summed E-state index contributed by atoms with van der Waals surface area (Å²) < 4.78 is 0. The first-order valence-electron chi connectivity index (χ1n) is 8.31. The number of aliphatic hydroxyl groups is 1. The Hall–Kier alpha value is -1.06. The second-order valence-corrected chi connectivity index (χ2v) is 6.03. The molecule has 1 atom stereocenters. The van der Waals surface area contributed by atoms with Crippen molar-refractivity contribution < 1.29 is 5.11 Å². The Labute approximate surface area is 130 Å². The van der Waals surface area contributed by atoms with Crippen molar-refractivity contribution in [3.63, 3.8) is 0 Å². The van der Waals surface area contributed by atoms with Crippen LogP contribution in [-0.4, -0.2) is 36.9 Å². The van der Waals surface area contributed by atoms with Crippen molar-refractivity contribution in [2.75, 3.05) is 31.1 Å². The molecule has 120 valence electrons. The van der Waals surface area contributed by atoms with E-state index in [9.17, 15) is 5.11 Å². The number of nitrogens with one attached hydrogen (secondary N) is 1. The fourth-order valence-corrected chi connectivity index (χ4v) is 2.67. The predicted octanol–water partition coefficient (Wildman–Crippen LogP) is 3.43. The smallest absolute Gasteiger partial charge is 0.0610 e. The molecule has 1 aromatic carbocycles. The van der Waals surface area contributed by atoms with Gasteiger partial charge in [-0.3, -0.25) is 0 Å². The monoisotopic (exact) mass is 292 g/mol. The van der Waals surface area contributed by atoms with Crippen LogP contribution in [0.2, 0.25) is 0 Å². The molecule has 0 radical (unpaired) electrons. The standard InChI is InChI=1S/C18H32N2O/c1-4-6-14-20(17-11-8-7-9-12-17)15-10-13-18(3,16-21)19-5-2/h7-9,11-12,19,21H,4-6,10,13-16H2,1-3H3. The zero-order valence-electron chi connectivity index (χ0n) is 13.9. The van der Waals surface area contributed by atoms with E-state index in [1.54, 1.807) is 0 Å². The summed E-state index contributed by atoms with van der Waals surface area (Å²) in [5.41, 5.74) is 1.15. The molecule has 0 heterocycles. The van der Waals surface area contributed by atoms with Gasteiger partial charge >= 0.3 is 0 Å². The molecule has 1 aromatic rings. The molecule has 0 fully saturated rings. The fourth-order valence-electron chi connectivity index (χ4n) is 2.67. The lowest BCUT2D eigenvalue weighted by molar-refractivity contribution is 0.166. The van der Waals surface area contributed by atoms with Crippen LogP contribution >= 0.6 is 0 Å². The highest BCUT2D eigenvalue weighted by Crippen LogP contribution is 2.17. The highest BCUT2D eigenvalue weighted by atomic mass is 16.3. The quantitative estimate of drug-likeness (QED) is 0.656. The summed E-state index contributed by atoms with van der Waals surface area (Å²) in [4.78, 5) is 2.47. The number of hydrogen-bond donors (Lipinski definition) is 2. The molecule has 0 amide bonds. The van der Waals surface area contributed by atoms with Crippen molar-refractivity contribution in [3.8, 4) is 0 Å². The van der Waals surface area contributed by atoms with Gasteiger partial charge in [-0.2, -0.15) is 0 Å². The lowest BCUT2D eigenvalue weighted by Gasteiger charge is -2.31. The van der Waals surface area contributed by atoms with E-state index in [2.05, 4.69) is 61.3 Å². The number of hydrogen-bond acceptors (Lipinski definition) is 3. The van der Waals surface area contributed by atoms with E-state index in [4.69, 9.17) is 0 Å². The maximum atomic E-state index is 9.56. The van der Waals surface area contributed by atoms with Crippen molar-refractivity contribution in [3.05, 3.63) is 30.3 Å². The normalized spacial score (nSPS) is 13.9. The first kappa shape index (κ1) is 18.0. The molecular weight excluding hydrogens is 260 g/mol. The Kier molecular flexibility index (Phi) is 8.40. The average molecular weight is 292 g/mol. The van der Waals surface area contributed by atoms with Crippen LogP contribution in [0.25, 0.3) is 0 Å². The van der Waals surface area contributed by atoms with E-state index in [1.165, 1.54) is 18.5 Å². The highest BCUT2D eigenvalue weighted by molar-refractivity contribution is 5.45. The van der Waals surface area contributed by atoms with Gasteiger partial charge in [-0.25, -0.2) is 0 Å². The van der Waals surface area contributed by atoms with Crippen molar-refractivity contribution >= 4 is 5.69 Å². The summed E-state index contributed by atoms with van der Waals surface area (Å²) in [5, 5.41) is 13.0. The van der Waals surface area contributed by atoms with Gasteiger partial charge in [0.25, 0.3) is 0 Å². The molecule has 0 aliphatic carbocycles. The molecule has 1 unspecified atom stereocenters. The molecular formula is C18H32N2O. The number of rotatable bonds is 11. The lowest BCUT2D eigenvalue weighted by atomic mass is 9.96. The van der Waals surface area contributed by atoms with Crippen LogP contribution in [-0.2, 0) is 0 Å². The zero-order valence-corrected chi connectivity index (χ0v) is 13.9. The third-order valence-corrected chi connectivity index (χ3v) is 4.01. The lowest BCUT2D eigenvalue weighted by Crippen LogP contribution is -2.46. The summed E-state index contributed by atoms with van der Waals surface area (Å²) >= 11 is 0. The van der Waals surface area contributed by atoms with E-state index < -0.39 is 0 Å². The molecule has 1 rings (SSSR count). The summed E-state index contributed by atoms with van der Waals surface area (Å²) in [6.45, 7) is 9.68. The van der Waals surface area contributed by atoms with Gasteiger partial charge < -0.3 is 15.3 Å². The SMILES string of the molecule is CCCCN(CCCC(C)(CO)NCC)c1ccccc1. The maximum Gasteiger partial charge on any atom is 0.0610 e. The van der Waals surface area contributed by atoms with Crippen molar-refractivity contribution in [2.45, 2.75) is 52.0 Å². The van der Waals surface area contributed by atoms with E-state index in [1.807, 2.05) is 0 Å². The molecule has 0 aromatic heterocycles. The summed E-state index contributed by atoms with van der Waals surface area (Å²) in [6.07, 6.45) is 4.52. The topological polar surface area (TPSA) is 35.5 Å². The Bertz CT molecular complexity index is 369. The number of likely N-dealkylation sites (N-methyl/N-ethyl adjacent to an activating group) is 1. The number of unbranched alkanes of at least 4 members (excludes halogenated alkanes) is 1. The Morgan fingerprint density at radius 1 is 1.10 bits per heavy atom. The van der Waals surface area contributed by atoms with Crippen LogP contribution in [0.3, 0.4) is 0 Å². The Morgan fingerprint density at radius 2 is 1.76 bits per heavy atom. The summed E-state index contributed by atoms with van der Waals surface area (Å²) in [5.74, 6) is 0. The third kappa shape index (κ3) is 6.49. The number of anilines is 1. The predicted molar refractivity (Wildman–Crippen MR) is 92.0 cm³/mol. The second kappa shape index (κ2) is 9.80. The minimum Gasteiger partial charge on any atom is -0.394 e. The van der Waals surface area contributed by atoms with Gasteiger partial charge in [-0.1, -0.05) is 38.5 Å². The number of benzene rings is 1. The molecule has 3 nitrogen and oxygen atoms in total. The van der Waals surface area contributed by atoms with Crippen LogP contribution in [0.5, 0.6) is 0 Å². The molecule has 21 heavy (non-hydrogen) atoms. The van der Waals surface area contributed by atoms with Crippen LogP contribution in [0.1, 0.15) is 46.5 Å². The summed E-state index contributed by atoms with van der Waals surface area (Å²) in [6, 6.07) is 10.6. The Morgan fingerprint density at radius 3 is 2.33 bits per heavy atom. The van der Waals surface area contributed by atoms with Gasteiger partial charge in [-0.15, -0.1) is 0 Å². The Balaban J connectivity index is 2.54. The van der Waals surface area contributed by atoms with Crippen molar-refractivity contribution in [1.29, 1.82) is 0 Å². The second-order valence-electron chi connectivity index (χ2n) is 6.03. The minimum absolute atomic E-state index is 0.151. The average Bonchev–Trinajstić information content (AvgIpc) is 2.52. The molecule has 0 saturated heterocycles. The third-order valence-electron chi connectivity index (χ3n) is 4.01. The highest BCUT2D eigenvalue weighted by Gasteiger charge is 2.21. The van der Waals surface area contributed by atoms with E-state index in [-0.39, 0.29) is 12.1 Å². The molecule has 0 spiro atoms. The minimum atomic E-state index is -0.151. The fraction of sp³-hybridized carbons (Fsp3) is 0.667. The molecule has 3 heteroatoms. The zero-order chi connectivity index (χ0) is 15.6. The molecule has 0 bridgehead atoms. The molecule has 2 N–H and O–H groups in total. The van der Waals surface area contributed by atoms with E-state index in [0.29, 0.717) is 0 Å². The number of aliphatic hydroxyl groups excluding tert-OH is 1. The van der Waals surface area contributed by atoms with E-state index >= 15 is 0 Å². The van der Waals surface area contributed by atoms with Crippen molar-refractivity contribution in [1.82, 2.24) is 5.32 Å². The van der Waals surface area contributed by atoms with Gasteiger partial charge in [0, 0.05) is 24.3 Å². The summed E-state index contributed by atoms with van der Waals surface area (Å²) in [7, 11) is 0. The van der Waals surface area contributed by atoms with Crippen LogP contribution in [0.15, 0.2) is 30.3 Å². The van der Waals surface area contributed by atoms with Crippen LogP contribution < -0.4 is 10.2 Å². The van der Waals surface area contributed by atoms with Gasteiger partial charge in [0.15, 0.2) is 0 Å². The van der Waals surface area contributed by atoms with Gasteiger partial charge in [-0.05, 0) is 44.9 Å². The van der Waals surface area contributed by atoms with E-state index in [0.717, 1.165) is 32.5 Å². The first-order chi connectivity index (χ1) is 10.1. The molecule has 0 aliphatic rings. The number of nitrogens with zero attached hydrogens (tertiary/aromatic N) is 1. The molecule has 0 saturated carbocycles. The van der Waals surface area contributed by atoms with Gasteiger partial charge in [0.1, 0.15) is 0 Å². The number of para-hydroxylation sites is 1. The van der Waals surface area contributed by atoms with Crippen LogP contribution in [0, 0.1) is 0 Å². The van der Waals surface area contributed by atoms with Crippen LogP contribution in [0.4, 0.5) is 5.69 Å². The van der Waals surface area contributed by atoms with Gasteiger partial charge in [0.2, 0.25) is 0 Å².